The predicted octanol–water partition coefficient (Wildman–Crippen LogP) is 5.08. The second kappa shape index (κ2) is 10.6. The Labute approximate surface area is 189 Å². The molecular formula is C23H19Cl2N3O3. The van der Waals surface area contributed by atoms with Gasteiger partial charge in [-0.3, -0.25) is 9.59 Å². The molecular weight excluding hydrogens is 437 g/mol. The van der Waals surface area contributed by atoms with Crippen LogP contribution in [0.1, 0.15) is 21.5 Å². The van der Waals surface area contributed by atoms with E-state index >= 15 is 0 Å². The van der Waals surface area contributed by atoms with Crippen molar-refractivity contribution in [2.45, 2.75) is 6.92 Å². The first-order valence-electron chi connectivity index (χ1n) is 9.28. The summed E-state index contributed by atoms with van der Waals surface area (Å²) in [6.07, 6.45) is 1.52. The fourth-order valence-electron chi connectivity index (χ4n) is 2.50. The number of nitrogens with one attached hydrogen (secondary N) is 2. The molecule has 3 aromatic rings. The van der Waals surface area contributed by atoms with Gasteiger partial charge in [-0.25, -0.2) is 5.43 Å². The van der Waals surface area contributed by atoms with Crippen molar-refractivity contribution in [1.82, 2.24) is 5.43 Å². The van der Waals surface area contributed by atoms with E-state index in [4.69, 9.17) is 27.9 Å². The third-order valence-corrected chi connectivity index (χ3v) is 4.89. The molecule has 0 bridgehead atoms. The van der Waals surface area contributed by atoms with Crippen molar-refractivity contribution >= 4 is 46.9 Å². The Bertz CT molecular complexity index is 1100. The van der Waals surface area contributed by atoms with Crippen LogP contribution in [0.4, 0.5) is 5.69 Å². The molecule has 0 radical (unpaired) electrons. The highest BCUT2D eigenvalue weighted by Crippen LogP contribution is 2.25. The monoisotopic (exact) mass is 455 g/mol. The number of aryl methyl sites for hydroxylation is 1. The predicted molar refractivity (Wildman–Crippen MR) is 123 cm³/mol. The molecule has 158 valence electrons. The van der Waals surface area contributed by atoms with Crippen molar-refractivity contribution in [3.63, 3.8) is 0 Å². The van der Waals surface area contributed by atoms with Crippen molar-refractivity contribution in [2.75, 3.05) is 11.9 Å². The van der Waals surface area contributed by atoms with Crippen molar-refractivity contribution in [3.05, 3.63) is 93.5 Å². The zero-order valence-electron chi connectivity index (χ0n) is 16.6. The standard InChI is InChI=1S/C23H19Cl2N3O3/c1-15-2-6-17(7-3-15)23(30)28-26-13-16-4-9-19(10-5-16)31-14-22(29)27-18-8-11-20(24)21(25)12-18/h2-13H,14H2,1H3,(H,27,29)(H,28,30)/b26-13+. The second-order valence-electron chi connectivity index (χ2n) is 6.60. The molecule has 0 saturated carbocycles. The Morgan fingerprint density at radius 2 is 1.68 bits per heavy atom. The number of hydrazone groups is 1. The molecule has 0 aliphatic rings. The molecule has 8 heteroatoms. The van der Waals surface area contributed by atoms with E-state index in [9.17, 15) is 9.59 Å². The summed E-state index contributed by atoms with van der Waals surface area (Å²) in [6.45, 7) is 1.79. The minimum absolute atomic E-state index is 0.166. The Morgan fingerprint density at radius 3 is 2.35 bits per heavy atom. The lowest BCUT2D eigenvalue weighted by molar-refractivity contribution is -0.118. The second-order valence-corrected chi connectivity index (χ2v) is 7.41. The molecule has 0 aliphatic carbocycles. The summed E-state index contributed by atoms with van der Waals surface area (Å²) in [5.41, 5.74) is 5.38. The zero-order valence-corrected chi connectivity index (χ0v) is 18.1. The SMILES string of the molecule is Cc1ccc(C(=O)N/N=C/c2ccc(OCC(=O)Nc3ccc(Cl)c(Cl)c3)cc2)cc1. The Hall–Kier alpha value is -3.35. The van der Waals surface area contributed by atoms with Crippen molar-refractivity contribution < 1.29 is 14.3 Å². The maximum Gasteiger partial charge on any atom is 0.271 e. The Balaban J connectivity index is 1.46. The fourth-order valence-corrected chi connectivity index (χ4v) is 2.80. The molecule has 0 unspecified atom stereocenters. The number of carbonyl (C=O) groups excluding carboxylic acids is 2. The quantitative estimate of drug-likeness (QED) is 0.384. The summed E-state index contributed by atoms with van der Waals surface area (Å²) in [5, 5.41) is 7.40. The van der Waals surface area contributed by atoms with Gasteiger partial charge in [0.1, 0.15) is 5.75 Å². The number of amides is 2. The van der Waals surface area contributed by atoms with Crippen LogP contribution < -0.4 is 15.5 Å². The molecule has 0 heterocycles. The largest absolute Gasteiger partial charge is 0.484 e. The van der Waals surface area contributed by atoms with E-state index in [1.165, 1.54) is 6.21 Å². The number of benzene rings is 3. The number of halogens is 2. The van der Waals surface area contributed by atoms with Crippen LogP contribution in [0.25, 0.3) is 0 Å². The molecule has 0 atom stereocenters. The van der Waals surface area contributed by atoms with Gasteiger partial charge in [-0.1, -0.05) is 40.9 Å². The van der Waals surface area contributed by atoms with Gasteiger partial charge in [0, 0.05) is 11.3 Å². The highest BCUT2D eigenvalue weighted by atomic mass is 35.5. The van der Waals surface area contributed by atoms with E-state index < -0.39 is 0 Å². The summed E-state index contributed by atoms with van der Waals surface area (Å²) in [6, 6.07) is 18.9. The van der Waals surface area contributed by atoms with Crippen molar-refractivity contribution in [2.24, 2.45) is 5.10 Å². The van der Waals surface area contributed by atoms with Crippen LogP contribution in [0.2, 0.25) is 10.0 Å². The van der Waals surface area contributed by atoms with E-state index in [-0.39, 0.29) is 18.4 Å². The normalized spacial score (nSPS) is 10.7. The lowest BCUT2D eigenvalue weighted by Crippen LogP contribution is -2.20. The average molecular weight is 456 g/mol. The van der Waals surface area contributed by atoms with Crippen LogP contribution in [0.5, 0.6) is 5.75 Å². The fraction of sp³-hybridized carbons (Fsp3) is 0.0870. The highest BCUT2D eigenvalue weighted by molar-refractivity contribution is 6.42. The minimum Gasteiger partial charge on any atom is -0.484 e. The van der Waals surface area contributed by atoms with Gasteiger partial charge in [0.15, 0.2) is 6.61 Å². The first kappa shape index (κ1) is 22.3. The first-order chi connectivity index (χ1) is 14.9. The van der Waals surface area contributed by atoms with Crippen molar-refractivity contribution in [3.8, 4) is 5.75 Å². The average Bonchev–Trinajstić information content (AvgIpc) is 2.76. The minimum atomic E-state index is -0.331. The number of hydrogen-bond donors (Lipinski definition) is 2. The van der Waals surface area contributed by atoms with E-state index in [1.54, 1.807) is 54.6 Å². The number of carbonyl (C=O) groups is 2. The first-order valence-corrected chi connectivity index (χ1v) is 10.0. The Kier molecular flexibility index (Phi) is 7.65. The zero-order chi connectivity index (χ0) is 22.2. The van der Waals surface area contributed by atoms with Gasteiger partial charge >= 0.3 is 0 Å². The molecule has 31 heavy (non-hydrogen) atoms. The third kappa shape index (κ3) is 6.84. The lowest BCUT2D eigenvalue weighted by atomic mass is 10.1. The smallest absolute Gasteiger partial charge is 0.271 e. The van der Waals surface area contributed by atoms with E-state index in [0.29, 0.717) is 27.0 Å². The van der Waals surface area contributed by atoms with Gasteiger partial charge in [0.05, 0.1) is 16.3 Å². The molecule has 3 rings (SSSR count). The van der Waals surface area contributed by atoms with Crippen LogP contribution >= 0.6 is 23.2 Å². The molecule has 2 N–H and O–H groups in total. The molecule has 0 aromatic heterocycles. The number of rotatable bonds is 7. The summed E-state index contributed by atoms with van der Waals surface area (Å²) >= 11 is 11.8. The summed E-state index contributed by atoms with van der Waals surface area (Å²) < 4.78 is 5.47. The van der Waals surface area contributed by atoms with Crippen LogP contribution in [-0.2, 0) is 4.79 Å². The van der Waals surface area contributed by atoms with Gasteiger partial charge in [-0.05, 0) is 67.1 Å². The molecule has 0 aliphatic heterocycles. The maximum atomic E-state index is 12.0. The van der Waals surface area contributed by atoms with Crippen LogP contribution in [0.3, 0.4) is 0 Å². The van der Waals surface area contributed by atoms with Crippen LogP contribution in [0.15, 0.2) is 71.8 Å². The van der Waals surface area contributed by atoms with Gasteiger partial charge in [0.25, 0.3) is 11.8 Å². The van der Waals surface area contributed by atoms with E-state index in [2.05, 4.69) is 15.8 Å². The van der Waals surface area contributed by atoms with E-state index in [0.717, 1.165) is 11.1 Å². The third-order valence-electron chi connectivity index (χ3n) is 4.15. The van der Waals surface area contributed by atoms with Gasteiger partial charge in [0.2, 0.25) is 0 Å². The number of ether oxygens (including phenoxy) is 1. The Morgan fingerprint density at radius 1 is 0.968 bits per heavy atom. The van der Waals surface area contributed by atoms with Crippen LogP contribution in [0, 0.1) is 6.92 Å². The molecule has 2 amide bonds. The maximum absolute atomic E-state index is 12.0. The molecule has 6 nitrogen and oxygen atoms in total. The number of anilines is 1. The highest BCUT2D eigenvalue weighted by Gasteiger charge is 2.06. The lowest BCUT2D eigenvalue weighted by Gasteiger charge is -2.08. The number of nitrogens with zero attached hydrogens (tertiary/aromatic N) is 1. The van der Waals surface area contributed by atoms with Gasteiger partial charge in [-0.15, -0.1) is 0 Å². The van der Waals surface area contributed by atoms with Crippen molar-refractivity contribution in [1.29, 1.82) is 0 Å². The molecule has 0 saturated heterocycles. The topological polar surface area (TPSA) is 79.8 Å². The summed E-state index contributed by atoms with van der Waals surface area (Å²) in [4.78, 5) is 24.0. The summed E-state index contributed by atoms with van der Waals surface area (Å²) in [5.74, 6) is -0.0998. The van der Waals surface area contributed by atoms with Gasteiger partial charge < -0.3 is 10.1 Å². The molecule has 0 spiro atoms. The van der Waals surface area contributed by atoms with E-state index in [1.807, 2.05) is 19.1 Å². The summed E-state index contributed by atoms with van der Waals surface area (Å²) in [7, 11) is 0. The molecule has 0 fully saturated rings. The van der Waals surface area contributed by atoms with Gasteiger partial charge in [-0.2, -0.15) is 5.10 Å². The van der Waals surface area contributed by atoms with Crippen LogP contribution in [-0.4, -0.2) is 24.6 Å². The molecule has 3 aromatic carbocycles. The number of hydrogen-bond acceptors (Lipinski definition) is 4.